The van der Waals surface area contributed by atoms with Crippen LogP contribution in [0.4, 0.5) is 14.5 Å². The number of hydrogen-bond acceptors (Lipinski definition) is 2. The van der Waals surface area contributed by atoms with Crippen LogP contribution in [0.2, 0.25) is 0 Å². The van der Waals surface area contributed by atoms with Gasteiger partial charge in [0.1, 0.15) is 0 Å². The molecule has 0 aromatic carbocycles. The van der Waals surface area contributed by atoms with Crippen LogP contribution in [0.15, 0.2) is 18.3 Å². The lowest BCUT2D eigenvalue weighted by molar-refractivity contribution is -0.310. The Labute approximate surface area is 95.4 Å². The number of alkyl halides is 2. The Balaban J connectivity index is 3.24. The summed E-state index contributed by atoms with van der Waals surface area (Å²) in [4.78, 5) is 3.90. The number of pyridine rings is 1. The molecule has 1 rings (SSSR count). The van der Waals surface area contributed by atoms with Gasteiger partial charge < -0.3 is 0 Å². The average molecular weight is 244 g/mol. The zero-order chi connectivity index (χ0) is 12.1. The second-order valence-electron chi connectivity index (χ2n) is 3.23. The number of rotatable bonds is 3. The molecule has 0 unspecified atom stereocenters. The Hall–Kier alpha value is -1.35. The Kier molecular flexibility index (Phi) is 4.50. The Morgan fingerprint density at radius 2 is 2.25 bits per heavy atom. The van der Waals surface area contributed by atoms with Crippen molar-refractivity contribution in [1.82, 2.24) is 4.98 Å². The van der Waals surface area contributed by atoms with Gasteiger partial charge in [0.05, 0.1) is 12.1 Å². The molecule has 0 radical (unpaired) electrons. The average Bonchev–Trinajstić information content (AvgIpc) is 2.20. The number of hydrogen-bond donors (Lipinski definition) is 0. The summed E-state index contributed by atoms with van der Waals surface area (Å²) < 4.78 is 26.1. The molecule has 1 aromatic heterocycles. The van der Waals surface area contributed by atoms with Gasteiger partial charge >= 0.3 is 6.19 Å². The van der Waals surface area contributed by atoms with Crippen molar-refractivity contribution in [2.75, 3.05) is 12.5 Å². The SMILES string of the molecule is CS(C)=[N+](C#N)c1cccnc1CC(F)F. The summed E-state index contributed by atoms with van der Waals surface area (Å²) in [5.74, 6) is 0. The van der Waals surface area contributed by atoms with Crippen molar-refractivity contribution in [3.05, 3.63) is 24.0 Å². The van der Waals surface area contributed by atoms with Crippen molar-refractivity contribution in [2.45, 2.75) is 12.8 Å². The van der Waals surface area contributed by atoms with Crippen molar-refractivity contribution in [2.24, 2.45) is 0 Å². The van der Waals surface area contributed by atoms with E-state index in [0.717, 1.165) is 0 Å². The van der Waals surface area contributed by atoms with Gasteiger partial charge in [0.15, 0.2) is 10.9 Å². The first kappa shape index (κ1) is 12.7. The second-order valence-corrected chi connectivity index (χ2v) is 5.14. The van der Waals surface area contributed by atoms with Gasteiger partial charge in [0.2, 0.25) is 6.43 Å². The number of halogens is 2. The number of nitriles is 1. The lowest BCUT2D eigenvalue weighted by atomic mass is 10.2. The zero-order valence-corrected chi connectivity index (χ0v) is 9.84. The highest BCUT2D eigenvalue weighted by molar-refractivity contribution is 7.83. The fourth-order valence-corrected chi connectivity index (χ4v) is 1.97. The third-order valence-electron chi connectivity index (χ3n) is 1.89. The first-order valence-corrected chi connectivity index (χ1v) is 6.55. The minimum atomic E-state index is -2.45. The van der Waals surface area contributed by atoms with Gasteiger partial charge in [0, 0.05) is 18.7 Å². The fourth-order valence-electron chi connectivity index (χ4n) is 1.25. The summed E-state index contributed by atoms with van der Waals surface area (Å²) in [5.41, 5.74) is 0.735. The molecule has 0 aliphatic carbocycles. The smallest absolute Gasteiger partial charge is 0.257 e. The monoisotopic (exact) mass is 244 g/mol. The first-order chi connectivity index (χ1) is 7.56. The molecule has 0 saturated carbocycles. The normalized spacial score (nSPS) is 10.6. The van der Waals surface area contributed by atoms with E-state index in [0.29, 0.717) is 5.69 Å². The molecule has 1 aromatic rings. The molecule has 0 atom stereocenters. The summed E-state index contributed by atoms with van der Waals surface area (Å²) in [6, 6.07) is 3.28. The van der Waals surface area contributed by atoms with Crippen LogP contribution in [0.5, 0.6) is 0 Å². The maximum atomic E-state index is 12.3. The topological polar surface area (TPSA) is 39.7 Å². The standard InChI is InChI=1S/C10H12F2N3S/c1-16(2)15(7-13)9-4-3-5-14-8(9)6-10(11)12/h3-5,10H,6H2,1-2H3/q+1. The van der Waals surface area contributed by atoms with E-state index >= 15 is 0 Å². The van der Waals surface area contributed by atoms with Gasteiger partial charge in [-0.1, -0.05) is 0 Å². The molecule has 0 saturated heterocycles. The highest BCUT2D eigenvalue weighted by Gasteiger charge is 2.17. The summed E-state index contributed by atoms with van der Waals surface area (Å²) in [6.07, 6.45) is 4.27. The van der Waals surface area contributed by atoms with E-state index in [2.05, 4.69) is 4.98 Å². The minimum Gasteiger partial charge on any atom is -0.257 e. The lowest BCUT2D eigenvalue weighted by Gasteiger charge is -2.05. The Morgan fingerprint density at radius 1 is 1.56 bits per heavy atom. The highest BCUT2D eigenvalue weighted by Crippen LogP contribution is 2.19. The molecule has 0 aliphatic heterocycles. The second kappa shape index (κ2) is 5.66. The predicted octanol–water partition coefficient (Wildman–Crippen LogP) is 2.08. The molecule has 16 heavy (non-hydrogen) atoms. The van der Waals surface area contributed by atoms with Crippen LogP contribution in [-0.4, -0.2) is 27.9 Å². The molecule has 3 nitrogen and oxygen atoms in total. The molecule has 0 aliphatic rings. The molecule has 0 amide bonds. The van der Waals surface area contributed by atoms with Crippen molar-refractivity contribution in [3.63, 3.8) is 0 Å². The maximum Gasteiger partial charge on any atom is 0.471 e. The molecule has 0 bridgehead atoms. The predicted molar refractivity (Wildman–Crippen MR) is 58.7 cm³/mol. The maximum absolute atomic E-state index is 12.3. The highest BCUT2D eigenvalue weighted by atomic mass is 32.2. The van der Waals surface area contributed by atoms with E-state index in [1.165, 1.54) is 10.1 Å². The largest absolute Gasteiger partial charge is 0.471 e. The van der Waals surface area contributed by atoms with Crippen LogP contribution in [0.3, 0.4) is 0 Å². The first-order valence-electron chi connectivity index (χ1n) is 4.56. The van der Waals surface area contributed by atoms with Crippen molar-refractivity contribution in [3.8, 4) is 6.19 Å². The van der Waals surface area contributed by atoms with Crippen LogP contribution < -0.4 is 0 Å². The van der Waals surface area contributed by atoms with E-state index in [9.17, 15) is 8.78 Å². The van der Waals surface area contributed by atoms with Crippen molar-refractivity contribution < 1.29 is 12.7 Å². The third kappa shape index (κ3) is 3.07. The minimum absolute atomic E-state index is 0.264. The fraction of sp³-hybridized carbons (Fsp3) is 0.400. The lowest BCUT2D eigenvalue weighted by Crippen LogP contribution is -2.09. The van der Waals surface area contributed by atoms with Gasteiger partial charge in [-0.15, -0.1) is 3.95 Å². The zero-order valence-electron chi connectivity index (χ0n) is 9.02. The number of aromatic nitrogens is 1. The van der Waals surface area contributed by atoms with Gasteiger partial charge in [-0.05, 0) is 22.8 Å². The van der Waals surface area contributed by atoms with Crippen LogP contribution in [-0.2, 0) is 17.1 Å². The van der Waals surface area contributed by atoms with Crippen LogP contribution in [0.25, 0.3) is 0 Å². The molecule has 6 heteroatoms. The van der Waals surface area contributed by atoms with E-state index < -0.39 is 12.8 Å². The molecule has 0 N–H and O–H groups in total. The summed E-state index contributed by atoms with van der Waals surface area (Å²) >= 11 is 0. The molecular formula is C10H12F2N3S+. The summed E-state index contributed by atoms with van der Waals surface area (Å²) in [7, 11) is -0.342. The van der Waals surface area contributed by atoms with Gasteiger partial charge in [0.25, 0.3) is 0 Å². The molecule has 0 fully saturated rings. The third-order valence-corrected chi connectivity index (χ3v) is 2.90. The summed E-state index contributed by atoms with van der Waals surface area (Å²) in [5, 5.41) is 8.98. The van der Waals surface area contributed by atoms with E-state index in [4.69, 9.17) is 5.26 Å². The van der Waals surface area contributed by atoms with Gasteiger partial charge in [-0.25, -0.2) is 8.78 Å². The van der Waals surface area contributed by atoms with Crippen LogP contribution in [0, 0.1) is 11.5 Å². The molecule has 1 heterocycles. The van der Waals surface area contributed by atoms with Gasteiger partial charge in [-0.2, -0.15) is 0 Å². The van der Waals surface area contributed by atoms with Crippen molar-refractivity contribution in [1.29, 1.82) is 5.26 Å². The van der Waals surface area contributed by atoms with E-state index in [1.807, 2.05) is 18.7 Å². The van der Waals surface area contributed by atoms with Crippen LogP contribution >= 0.6 is 0 Å². The Morgan fingerprint density at radius 3 is 2.75 bits per heavy atom. The summed E-state index contributed by atoms with van der Waals surface area (Å²) in [6.45, 7) is 0. The Bertz CT molecular complexity index is 448. The quantitative estimate of drug-likeness (QED) is 0.464. The van der Waals surface area contributed by atoms with Gasteiger partial charge in [-0.3, -0.25) is 4.98 Å². The van der Waals surface area contributed by atoms with Crippen molar-refractivity contribution >= 4 is 16.4 Å². The van der Waals surface area contributed by atoms with Crippen LogP contribution in [0.1, 0.15) is 5.69 Å². The number of nitrogens with zero attached hydrogens (tertiary/aromatic N) is 3. The molecule has 86 valence electrons. The van der Waals surface area contributed by atoms with E-state index in [1.54, 1.807) is 12.1 Å². The molecule has 0 spiro atoms. The van der Waals surface area contributed by atoms with E-state index in [-0.39, 0.29) is 16.4 Å². The molecular weight excluding hydrogens is 232 g/mol.